The number of benzene rings is 1. The lowest BCUT2D eigenvalue weighted by molar-refractivity contribution is 0.0693. The minimum Gasteiger partial charge on any atom is -0.478 e. The lowest BCUT2D eigenvalue weighted by Gasteiger charge is -2.09. The molecule has 6 heteroatoms. The Kier molecular flexibility index (Phi) is 4.45. The molecule has 0 saturated carbocycles. The van der Waals surface area contributed by atoms with E-state index in [-0.39, 0.29) is 5.69 Å². The number of anilines is 1. The van der Waals surface area contributed by atoms with Gasteiger partial charge in [0.15, 0.2) is 0 Å². The first-order chi connectivity index (χ1) is 8.06. The molecule has 0 aromatic heterocycles. The van der Waals surface area contributed by atoms with Crippen molar-refractivity contribution in [3.63, 3.8) is 0 Å². The van der Waals surface area contributed by atoms with E-state index in [2.05, 4.69) is 10.6 Å². The van der Waals surface area contributed by atoms with Crippen molar-refractivity contribution in [3.05, 3.63) is 29.6 Å². The third-order valence-corrected chi connectivity index (χ3v) is 2.01. The lowest BCUT2D eigenvalue weighted by atomic mass is 10.1. The van der Waals surface area contributed by atoms with Crippen molar-refractivity contribution in [3.8, 4) is 0 Å². The van der Waals surface area contributed by atoms with Gasteiger partial charge in [0.2, 0.25) is 0 Å². The van der Waals surface area contributed by atoms with Gasteiger partial charge >= 0.3 is 12.0 Å². The zero-order valence-corrected chi connectivity index (χ0v) is 9.29. The van der Waals surface area contributed by atoms with E-state index in [4.69, 9.17) is 5.11 Å². The second-order valence-electron chi connectivity index (χ2n) is 3.35. The second-order valence-corrected chi connectivity index (χ2v) is 3.35. The van der Waals surface area contributed by atoms with Crippen LogP contribution in [0.15, 0.2) is 18.2 Å². The van der Waals surface area contributed by atoms with Crippen LogP contribution < -0.4 is 10.6 Å². The molecule has 1 aromatic carbocycles. The van der Waals surface area contributed by atoms with Gasteiger partial charge in [0.1, 0.15) is 11.4 Å². The summed E-state index contributed by atoms with van der Waals surface area (Å²) in [4.78, 5) is 22.1. The molecule has 0 aliphatic rings. The minimum atomic E-state index is -1.42. The van der Waals surface area contributed by atoms with Crippen molar-refractivity contribution < 1.29 is 19.1 Å². The van der Waals surface area contributed by atoms with Gasteiger partial charge in [0.05, 0.1) is 5.69 Å². The van der Waals surface area contributed by atoms with E-state index in [9.17, 15) is 14.0 Å². The van der Waals surface area contributed by atoms with Crippen molar-refractivity contribution in [2.75, 3.05) is 11.9 Å². The first-order valence-corrected chi connectivity index (χ1v) is 5.13. The summed E-state index contributed by atoms with van der Waals surface area (Å²) in [6.45, 7) is 2.34. The maximum Gasteiger partial charge on any atom is 0.340 e. The largest absolute Gasteiger partial charge is 0.478 e. The van der Waals surface area contributed by atoms with E-state index in [0.717, 1.165) is 12.5 Å². The van der Waals surface area contributed by atoms with E-state index in [0.29, 0.717) is 6.54 Å². The molecule has 0 spiro atoms. The number of nitrogens with one attached hydrogen (secondary N) is 2. The van der Waals surface area contributed by atoms with E-state index in [1.807, 2.05) is 6.92 Å². The summed E-state index contributed by atoms with van der Waals surface area (Å²) in [5.41, 5.74) is -0.606. The smallest absolute Gasteiger partial charge is 0.340 e. The first kappa shape index (κ1) is 13.0. The van der Waals surface area contributed by atoms with Crippen molar-refractivity contribution in [1.29, 1.82) is 0 Å². The van der Waals surface area contributed by atoms with Gasteiger partial charge in [-0.15, -0.1) is 0 Å². The standard InChI is InChI=1S/C11H13FN2O3/c1-2-6-13-11(17)14-8-5-3-4-7(12)9(8)10(15)16/h3-5H,2,6H2,1H3,(H,15,16)(H2,13,14,17). The highest BCUT2D eigenvalue weighted by Gasteiger charge is 2.16. The fraction of sp³-hybridized carbons (Fsp3) is 0.273. The number of hydrogen-bond donors (Lipinski definition) is 3. The highest BCUT2D eigenvalue weighted by molar-refractivity contribution is 6.00. The average Bonchev–Trinajstić information content (AvgIpc) is 2.25. The molecule has 1 aromatic rings. The molecule has 92 valence electrons. The molecule has 0 radical (unpaired) electrons. The first-order valence-electron chi connectivity index (χ1n) is 5.13. The van der Waals surface area contributed by atoms with Crippen LogP contribution in [0.3, 0.4) is 0 Å². The van der Waals surface area contributed by atoms with E-state index < -0.39 is 23.4 Å². The number of carboxylic acids is 1. The Morgan fingerprint density at radius 3 is 2.71 bits per heavy atom. The SMILES string of the molecule is CCCNC(=O)Nc1cccc(F)c1C(=O)O. The van der Waals surface area contributed by atoms with Crippen molar-refractivity contribution in [1.82, 2.24) is 5.32 Å². The molecule has 0 fully saturated rings. The van der Waals surface area contributed by atoms with Gasteiger partial charge in [0.25, 0.3) is 0 Å². The molecule has 0 aliphatic heterocycles. The number of urea groups is 1. The highest BCUT2D eigenvalue weighted by atomic mass is 19.1. The van der Waals surface area contributed by atoms with Gasteiger partial charge < -0.3 is 15.7 Å². The number of carbonyl (C=O) groups excluding carboxylic acids is 1. The molecule has 17 heavy (non-hydrogen) atoms. The number of carboxylic acid groups (broad SMARTS) is 1. The summed E-state index contributed by atoms with van der Waals surface area (Å²) in [6, 6.07) is 3.13. The Labute approximate surface area is 97.6 Å². The predicted octanol–water partition coefficient (Wildman–Crippen LogP) is 2.06. The Morgan fingerprint density at radius 1 is 1.41 bits per heavy atom. The van der Waals surface area contributed by atoms with Gasteiger partial charge in [-0.25, -0.2) is 14.0 Å². The van der Waals surface area contributed by atoms with Crippen LogP contribution in [0.25, 0.3) is 0 Å². The van der Waals surface area contributed by atoms with Crippen LogP contribution in [0.2, 0.25) is 0 Å². The maximum absolute atomic E-state index is 13.3. The van der Waals surface area contributed by atoms with Crippen LogP contribution in [-0.2, 0) is 0 Å². The molecular formula is C11H13FN2O3. The molecule has 3 N–H and O–H groups in total. The number of amides is 2. The predicted molar refractivity (Wildman–Crippen MR) is 60.7 cm³/mol. The Balaban J connectivity index is 2.87. The van der Waals surface area contributed by atoms with Gasteiger partial charge in [-0.2, -0.15) is 0 Å². The Bertz CT molecular complexity index is 435. The van der Waals surface area contributed by atoms with Crippen LogP contribution in [-0.4, -0.2) is 23.7 Å². The molecular weight excluding hydrogens is 227 g/mol. The third-order valence-electron chi connectivity index (χ3n) is 2.01. The van der Waals surface area contributed by atoms with E-state index in [1.165, 1.54) is 12.1 Å². The van der Waals surface area contributed by atoms with E-state index >= 15 is 0 Å². The summed E-state index contributed by atoms with van der Waals surface area (Å²) < 4.78 is 13.3. The fourth-order valence-corrected chi connectivity index (χ4v) is 1.25. The lowest BCUT2D eigenvalue weighted by Crippen LogP contribution is -2.30. The summed E-state index contributed by atoms with van der Waals surface area (Å²) in [5, 5.41) is 13.6. The van der Waals surface area contributed by atoms with Gasteiger partial charge in [-0.05, 0) is 18.6 Å². The summed E-state index contributed by atoms with van der Waals surface area (Å²) in [6.07, 6.45) is 0.752. The number of hydrogen-bond acceptors (Lipinski definition) is 2. The molecule has 0 heterocycles. The number of aromatic carboxylic acids is 1. The average molecular weight is 240 g/mol. The van der Waals surface area contributed by atoms with Crippen LogP contribution in [0.1, 0.15) is 23.7 Å². The molecule has 0 atom stereocenters. The number of halogens is 1. The van der Waals surface area contributed by atoms with Gasteiger partial charge in [-0.1, -0.05) is 13.0 Å². The van der Waals surface area contributed by atoms with E-state index in [1.54, 1.807) is 0 Å². The summed E-state index contributed by atoms with van der Waals surface area (Å²) in [7, 11) is 0. The van der Waals surface area contributed by atoms with Crippen LogP contribution in [0.5, 0.6) is 0 Å². The van der Waals surface area contributed by atoms with Crippen molar-refractivity contribution in [2.24, 2.45) is 0 Å². The summed E-state index contributed by atoms with van der Waals surface area (Å²) in [5.74, 6) is -2.31. The normalized spacial score (nSPS) is 9.76. The van der Waals surface area contributed by atoms with Crippen molar-refractivity contribution >= 4 is 17.7 Å². The molecule has 0 saturated heterocycles. The number of carbonyl (C=O) groups is 2. The van der Waals surface area contributed by atoms with Crippen LogP contribution >= 0.6 is 0 Å². The number of rotatable bonds is 4. The minimum absolute atomic E-state index is 0.0638. The van der Waals surface area contributed by atoms with Gasteiger partial charge in [-0.3, -0.25) is 0 Å². The zero-order chi connectivity index (χ0) is 12.8. The Hall–Kier alpha value is -2.11. The zero-order valence-electron chi connectivity index (χ0n) is 9.29. The van der Waals surface area contributed by atoms with Crippen LogP contribution in [0, 0.1) is 5.82 Å². The second kappa shape index (κ2) is 5.83. The van der Waals surface area contributed by atoms with Crippen LogP contribution in [0.4, 0.5) is 14.9 Å². The Morgan fingerprint density at radius 2 is 2.12 bits per heavy atom. The maximum atomic E-state index is 13.3. The van der Waals surface area contributed by atoms with Gasteiger partial charge in [0, 0.05) is 6.54 Å². The monoisotopic (exact) mass is 240 g/mol. The molecule has 5 nitrogen and oxygen atoms in total. The third kappa shape index (κ3) is 3.44. The highest BCUT2D eigenvalue weighted by Crippen LogP contribution is 2.18. The molecule has 2 amide bonds. The molecule has 0 bridgehead atoms. The molecule has 0 aliphatic carbocycles. The topological polar surface area (TPSA) is 78.4 Å². The van der Waals surface area contributed by atoms with Crippen molar-refractivity contribution in [2.45, 2.75) is 13.3 Å². The fourth-order valence-electron chi connectivity index (χ4n) is 1.25. The molecule has 1 rings (SSSR count). The molecule has 0 unspecified atom stereocenters. The quantitative estimate of drug-likeness (QED) is 0.753. The summed E-state index contributed by atoms with van der Waals surface area (Å²) >= 11 is 0.